The zero-order valence-corrected chi connectivity index (χ0v) is 7.88. The first-order chi connectivity index (χ1) is 6.31. The second-order valence-electron chi connectivity index (χ2n) is 3.78. The molecule has 0 spiro atoms. The summed E-state index contributed by atoms with van der Waals surface area (Å²) in [7, 11) is 0. The molecule has 1 unspecified atom stereocenters. The van der Waals surface area contributed by atoms with E-state index in [1.807, 2.05) is 0 Å². The fourth-order valence-corrected chi connectivity index (χ4v) is 2.08. The van der Waals surface area contributed by atoms with Gasteiger partial charge >= 0.3 is 0 Å². The largest absolute Gasteiger partial charge is 0.198 e. The van der Waals surface area contributed by atoms with Gasteiger partial charge in [0.25, 0.3) is 0 Å². The summed E-state index contributed by atoms with van der Waals surface area (Å²) in [5.41, 5.74) is 4.21. The molecule has 0 heterocycles. The molecule has 1 aromatic rings. The summed E-state index contributed by atoms with van der Waals surface area (Å²) >= 11 is 0. The molecule has 66 valence electrons. The molecule has 1 nitrogen and oxygen atoms in total. The molecule has 0 fully saturated rings. The molecule has 0 radical (unpaired) electrons. The highest BCUT2D eigenvalue weighted by molar-refractivity contribution is 5.37. The minimum Gasteiger partial charge on any atom is -0.198 e. The van der Waals surface area contributed by atoms with Crippen molar-refractivity contribution in [1.82, 2.24) is 0 Å². The van der Waals surface area contributed by atoms with Crippen LogP contribution in [0.15, 0.2) is 18.2 Å². The average Bonchev–Trinajstić information content (AvgIpc) is 2.18. The van der Waals surface area contributed by atoms with Crippen LogP contribution in [0.1, 0.15) is 23.1 Å². The quantitative estimate of drug-likeness (QED) is 0.588. The number of aryl methyl sites for hydroxylation is 2. The standard InChI is InChI=1S/C12H13N/c1-9-3-2-4-11-6-5-10(8-13)7-12(9)11/h2-4,10H,5-7H2,1H3. The molecule has 1 aliphatic rings. The predicted molar refractivity (Wildman–Crippen MR) is 52.3 cm³/mol. The first-order valence-corrected chi connectivity index (χ1v) is 4.78. The van der Waals surface area contributed by atoms with Gasteiger partial charge in [0.15, 0.2) is 0 Å². The van der Waals surface area contributed by atoms with E-state index in [2.05, 4.69) is 31.2 Å². The summed E-state index contributed by atoms with van der Waals surface area (Å²) in [6.07, 6.45) is 3.07. The molecule has 0 saturated heterocycles. The maximum Gasteiger partial charge on any atom is 0.0659 e. The maximum absolute atomic E-state index is 8.86. The molecule has 0 bridgehead atoms. The molecule has 0 saturated carbocycles. The zero-order chi connectivity index (χ0) is 9.26. The molecule has 1 aliphatic carbocycles. The lowest BCUT2D eigenvalue weighted by molar-refractivity contribution is 0.562. The van der Waals surface area contributed by atoms with Crippen molar-refractivity contribution in [2.45, 2.75) is 26.2 Å². The molecule has 1 heteroatoms. The van der Waals surface area contributed by atoms with Gasteiger partial charge in [-0.15, -0.1) is 0 Å². The number of nitrogens with zero attached hydrogens (tertiary/aromatic N) is 1. The Bertz CT molecular complexity index is 360. The zero-order valence-electron chi connectivity index (χ0n) is 7.88. The van der Waals surface area contributed by atoms with Crippen LogP contribution >= 0.6 is 0 Å². The van der Waals surface area contributed by atoms with E-state index in [9.17, 15) is 0 Å². The van der Waals surface area contributed by atoms with Crippen LogP contribution in [-0.2, 0) is 12.8 Å². The number of hydrogen-bond donors (Lipinski definition) is 0. The lowest BCUT2D eigenvalue weighted by Gasteiger charge is -2.21. The lowest BCUT2D eigenvalue weighted by atomic mass is 9.83. The second-order valence-corrected chi connectivity index (χ2v) is 3.78. The highest BCUT2D eigenvalue weighted by atomic mass is 14.3. The lowest BCUT2D eigenvalue weighted by Crippen LogP contribution is -2.13. The molecule has 0 amide bonds. The second kappa shape index (κ2) is 3.22. The predicted octanol–water partition coefficient (Wildman–Crippen LogP) is 2.62. The number of nitriles is 1. The Morgan fingerprint density at radius 1 is 1.46 bits per heavy atom. The van der Waals surface area contributed by atoms with Crippen LogP contribution in [0.5, 0.6) is 0 Å². The molecule has 13 heavy (non-hydrogen) atoms. The molecule has 0 N–H and O–H groups in total. The number of hydrogen-bond acceptors (Lipinski definition) is 1. The van der Waals surface area contributed by atoms with Crippen LogP contribution in [0.3, 0.4) is 0 Å². The van der Waals surface area contributed by atoms with Gasteiger partial charge in [0.1, 0.15) is 0 Å². The summed E-state index contributed by atoms with van der Waals surface area (Å²) in [5, 5.41) is 8.86. The maximum atomic E-state index is 8.86. The SMILES string of the molecule is Cc1cccc2c1CC(C#N)CC2. The van der Waals surface area contributed by atoms with E-state index in [-0.39, 0.29) is 5.92 Å². The van der Waals surface area contributed by atoms with E-state index in [1.165, 1.54) is 16.7 Å². The normalized spacial score (nSPS) is 20.5. The molecule has 0 aromatic heterocycles. The fraction of sp³-hybridized carbons (Fsp3) is 0.417. The highest BCUT2D eigenvalue weighted by Gasteiger charge is 2.18. The number of fused-ring (bicyclic) bond motifs is 1. The van der Waals surface area contributed by atoms with Gasteiger partial charge in [0.2, 0.25) is 0 Å². The smallest absolute Gasteiger partial charge is 0.0659 e. The topological polar surface area (TPSA) is 23.8 Å². The summed E-state index contributed by atoms with van der Waals surface area (Å²) in [6, 6.07) is 8.81. The average molecular weight is 171 g/mol. The van der Waals surface area contributed by atoms with Crippen molar-refractivity contribution in [3.05, 3.63) is 34.9 Å². The Labute approximate surface area is 79.0 Å². The van der Waals surface area contributed by atoms with Crippen molar-refractivity contribution < 1.29 is 0 Å². The summed E-state index contributed by atoms with van der Waals surface area (Å²) in [6.45, 7) is 2.14. The molecule has 1 aromatic carbocycles. The highest BCUT2D eigenvalue weighted by Crippen LogP contribution is 2.27. The minimum atomic E-state index is 0.244. The Kier molecular flexibility index (Phi) is 2.06. The third kappa shape index (κ3) is 1.45. The van der Waals surface area contributed by atoms with Gasteiger partial charge in [-0.3, -0.25) is 0 Å². The summed E-state index contributed by atoms with van der Waals surface area (Å²) in [5.74, 6) is 0.244. The van der Waals surface area contributed by atoms with Crippen LogP contribution in [0.4, 0.5) is 0 Å². The van der Waals surface area contributed by atoms with Crippen LogP contribution < -0.4 is 0 Å². The number of benzene rings is 1. The molecule has 1 atom stereocenters. The van der Waals surface area contributed by atoms with Gasteiger partial charge in [0, 0.05) is 0 Å². The van der Waals surface area contributed by atoms with Gasteiger partial charge in [-0.25, -0.2) is 0 Å². The monoisotopic (exact) mass is 171 g/mol. The van der Waals surface area contributed by atoms with Crippen molar-refractivity contribution in [3.63, 3.8) is 0 Å². The van der Waals surface area contributed by atoms with E-state index < -0.39 is 0 Å². The van der Waals surface area contributed by atoms with E-state index >= 15 is 0 Å². The summed E-state index contributed by atoms with van der Waals surface area (Å²) in [4.78, 5) is 0. The first-order valence-electron chi connectivity index (χ1n) is 4.78. The van der Waals surface area contributed by atoms with E-state index in [1.54, 1.807) is 0 Å². The van der Waals surface area contributed by atoms with Crippen LogP contribution in [0, 0.1) is 24.2 Å². The van der Waals surface area contributed by atoms with Crippen molar-refractivity contribution in [3.8, 4) is 6.07 Å². The van der Waals surface area contributed by atoms with Gasteiger partial charge in [-0.1, -0.05) is 18.2 Å². The van der Waals surface area contributed by atoms with Crippen LogP contribution in [-0.4, -0.2) is 0 Å². The van der Waals surface area contributed by atoms with Crippen LogP contribution in [0.2, 0.25) is 0 Å². The minimum absolute atomic E-state index is 0.244. The third-order valence-electron chi connectivity index (χ3n) is 2.90. The molecule has 2 rings (SSSR count). The Morgan fingerprint density at radius 3 is 3.08 bits per heavy atom. The molecule has 0 aliphatic heterocycles. The van der Waals surface area contributed by atoms with Gasteiger partial charge < -0.3 is 0 Å². The van der Waals surface area contributed by atoms with E-state index in [0.717, 1.165) is 19.3 Å². The molecular weight excluding hydrogens is 158 g/mol. The van der Waals surface area contributed by atoms with E-state index in [4.69, 9.17) is 5.26 Å². The van der Waals surface area contributed by atoms with Gasteiger partial charge in [0.05, 0.1) is 12.0 Å². The van der Waals surface area contributed by atoms with Gasteiger partial charge in [-0.2, -0.15) is 5.26 Å². The number of rotatable bonds is 0. The fourth-order valence-electron chi connectivity index (χ4n) is 2.08. The molecular formula is C12H13N. The Balaban J connectivity index is 2.39. The van der Waals surface area contributed by atoms with Crippen LogP contribution in [0.25, 0.3) is 0 Å². The van der Waals surface area contributed by atoms with Crippen molar-refractivity contribution in [2.75, 3.05) is 0 Å². The van der Waals surface area contributed by atoms with E-state index in [0.29, 0.717) is 0 Å². The van der Waals surface area contributed by atoms with Gasteiger partial charge in [-0.05, 0) is 42.9 Å². The van der Waals surface area contributed by atoms with Crippen molar-refractivity contribution >= 4 is 0 Å². The Morgan fingerprint density at radius 2 is 2.31 bits per heavy atom. The summed E-state index contributed by atoms with van der Waals surface area (Å²) < 4.78 is 0. The Hall–Kier alpha value is -1.29. The first kappa shape index (κ1) is 8.31. The van der Waals surface area contributed by atoms with Crippen molar-refractivity contribution in [1.29, 1.82) is 5.26 Å². The van der Waals surface area contributed by atoms with Crippen molar-refractivity contribution in [2.24, 2.45) is 5.92 Å². The third-order valence-corrected chi connectivity index (χ3v) is 2.90.